The summed E-state index contributed by atoms with van der Waals surface area (Å²) in [5, 5.41) is 13.7. The topological polar surface area (TPSA) is 120 Å². The highest BCUT2D eigenvalue weighted by Crippen LogP contribution is 2.37. The number of carbonyl (C=O) groups excluding carboxylic acids is 2. The lowest BCUT2D eigenvalue weighted by atomic mass is 10.1. The number of aromatic nitrogens is 2. The number of benzene rings is 2. The fraction of sp³-hybridized carbons (Fsp3) is 0.318. The van der Waals surface area contributed by atoms with E-state index in [1.54, 1.807) is 15.5 Å². The van der Waals surface area contributed by atoms with Crippen molar-refractivity contribution in [1.29, 1.82) is 0 Å². The Kier molecular flexibility index (Phi) is 5.06. The van der Waals surface area contributed by atoms with Gasteiger partial charge in [-0.1, -0.05) is 18.2 Å². The van der Waals surface area contributed by atoms with Crippen molar-refractivity contribution in [3.05, 3.63) is 58.6 Å². The fourth-order valence-electron chi connectivity index (χ4n) is 4.35. The molecule has 1 saturated heterocycles. The van der Waals surface area contributed by atoms with Crippen LogP contribution in [0.25, 0.3) is 11.0 Å². The highest BCUT2D eigenvalue weighted by molar-refractivity contribution is 6.05. The van der Waals surface area contributed by atoms with Gasteiger partial charge in [-0.15, -0.1) is 0 Å². The monoisotopic (exact) mass is 435 g/mol. The van der Waals surface area contributed by atoms with Crippen molar-refractivity contribution in [2.75, 3.05) is 23.4 Å². The SMILES string of the molecule is O=C(C[C@@H]1C(=O)N(C[C@@H]2CCCO2)c2nc3ccccc3n21)Nc1cccc([N+](=O)[O-])c1. The van der Waals surface area contributed by atoms with Crippen LogP contribution in [0.5, 0.6) is 0 Å². The van der Waals surface area contributed by atoms with Gasteiger partial charge in [0.15, 0.2) is 0 Å². The molecule has 2 amide bonds. The van der Waals surface area contributed by atoms with Crippen LogP contribution in [-0.2, 0) is 14.3 Å². The molecule has 3 aromatic rings. The molecule has 0 spiro atoms. The molecule has 1 fully saturated rings. The summed E-state index contributed by atoms with van der Waals surface area (Å²) in [6, 6.07) is 12.4. The number of hydrogen-bond acceptors (Lipinski definition) is 6. The van der Waals surface area contributed by atoms with Gasteiger partial charge in [0.1, 0.15) is 6.04 Å². The van der Waals surface area contributed by atoms with Gasteiger partial charge >= 0.3 is 0 Å². The van der Waals surface area contributed by atoms with Gasteiger partial charge in [0.05, 0.1) is 35.0 Å². The zero-order valence-electron chi connectivity index (χ0n) is 17.1. The first-order chi connectivity index (χ1) is 15.5. The van der Waals surface area contributed by atoms with Crippen molar-refractivity contribution in [3.63, 3.8) is 0 Å². The number of rotatable bonds is 6. The van der Waals surface area contributed by atoms with Crippen LogP contribution in [0.3, 0.4) is 0 Å². The summed E-state index contributed by atoms with van der Waals surface area (Å²) in [6.07, 6.45) is 1.67. The molecule has 0 unspecified atom stereocenters. The third-order valence-corrected chi connectivity index (χ3v) is 5.81. The van der Waals surface area contributed by atoms with Crippen molar-refractivity contribution in [1.82, 2.24) is 9.55 Å². The average Bonchev–Trinajstić information content (AvgIpc) is 3.48. The molecule has 5 rings (SSSR count). The molecule has 0 bridgehead atoms. The van der Waals surface area contributed by atoms with Crippen LogP contribution in [0.1, 0.15) is 25.3 Å². The van der Waals surface area contributed by atoms with E-state index in [1.807, 2.05) is 24.3 Å². The van der Waals surface area contributed by atoms with E-state index in [-0.39, 0.29) is 24.1 Å². The fourth-order valence-corrected chi connectivity index (χ4v) is 4.35. The molecule has 32 heavy (non-hydrogen) atoms. The van der Waals surface area contributed by atoms with E-state index >= 15 is 0 Å². The maximum Gasteiger partial charge on any atom is 0.271 e. The van der Waals surface area contributed by atoms with E-state index in [9.17, 15) is 19.7 Å². The summed E-state index contributed by atoms with van der Waals surface area (Å²) in [7, 11) is 0. The lowest BCUT2D eigenvalue weighted by Crippen LogP contribution is -2.37. The van der Waals surface area contributed by atoms with Gasteiger partial charge in [-0.2, -0.15) is 0 Å². The molecule has 1 aromatic heterocycles. The zero-order valence-corrected chi connectivity index (χ0v) is 17.1. The molecule has 3 heterocycles. The van der Waals surface area contributed by atoms with Crippen molar-refractivity contribution < 1.29 is 19.2 Å². The minimum absolute atomic E-state index is 0.0512. The van der Waals surface area contributed by atoms with Crippen LogP contribution in [0.4, 0.5) is 17.3 Å². The number of nitro benzene ring substituents is 1. The maximum absolute atomic E-state index is 13.3. The van der Waals surface area contributed by atoms with Crippen LogP contribution in [-0.4, -0.2) is 45.5 Å². The second-order valence-corrected chi connectivity index (χ2v) is 7.93. The number of non-ortho nitro benzene ring substituents is 1. The van der Waals surface area contributed by atoms with Gasteiger partial charge in [0.25, 0.3) is 11.6 Å². The van der Waals surface area contributed by atoms with E-state index in [0.29, 0.717) is 24.8 Å². The first-order valence-electron chi connectivity index (χ1n) is 10.5. The van der Waals surface area contributed by atoms with Crippen LogP contribution in [0.2, 0.25) is 0 Å². The molecule has 2 atom stereocenters. The lowest BCUT2D eigenvalue weighted by Gasteiger charge is -2.19. The number of nitrogens with zero attached hydrogens (tertiary/aromatic N) is 4. The van der Waals surface area contributed by atoms with Gasteiger partial charge in [0.2, 0.25) is 11.9 Å². The number of fused-ring (bicyclic) bond motifs is 3. The third kappa shape index (κ3) is 3.58. The number of anilines is 2. The van der Waals surface area contributed by atoms with E-state index in [2.05, 4.69) is 10.3 Å². The Labute approximate surface area is 182 Å². The van der Waals surface area contributed by atoms with Crippen LogP contribution >= 0.6 is 0 Å². The summed E-state index contributed by atoms with van der Waals surface area (Å²) in [6.45, 7) is 1.07. The predicted molar refractivity (Wildman–Crippen MR) is 116 cm³/mol. The van der Waals surface area contributed by atoms with Crippen molar-refractivity contribution >= 4 is 40.2 Å². The molecule has 2 aliphatic rings. The van der Waals surface area contributed by atoms with E-state index < -0.39 is 16.9 Å². The first kappa shape index (κ1) is 20.1. The Balaban J connectivity index is 1.42. The molecule has 10 nitrogen and oxygen atoms in total. The smallest absolute Gasteiger partial charge is 0.271 e. The number of nitrogens with one attached hydrogen (secondary N) is 1. The van der Waals surface area contributed by atoms with Crippen molar-refractivity contribution in [3.8, 4) is 0 Å². The number of imidazole rings is 1. The summed E-state index contributed by atoms with van der Waals surface area (Å²) in [4.78, 5) is 42.9. The van der Waals surface area contributed by atoms with Gasteiger partial charge in [-0.3, -0.25) is 29.2 Å². The molecular formula is C22H21N5O5. The minimum atomic E-state index is -0.752. The summed E-state index contributed by atoms with van der Waals surface area (Å²) in [5.74, 6) is -0.102. The number of carbonyl (C=O) groups is 2. The second kappa shape index (κ2) is 8.04. The number of para-hydroxylation sites is 2. The molecule has 164 valence electrons. The minimum Gasteiger partial charge on any atom is -0.376 e. The Morgan fingerprint density at radius 2 is 2.09 bits per heavy atom. The van der Waals surface area contributed by atoms with Crippen LogP contribution in [0, 0.1) is 10.1 Å². The summed E-state index contributed by atoms with van der Waals surface area (Å²) < 4.78 is 7.52. The first-order valence-corrected chi connectivity index (χ1v) is 10.5. The molecule has 0 radical (unpaired) electrons. The normalized spacial score (nSPS) is 20.0. The Hall–Kier alpha value is -3.79. The van der Waals surface area contributed by atoms with Crippen LogP contribution in [0.15, 0.2) is 48.5 Å². The largest absolute Gasteiger partial charge is 0.376 e. The van der Waals surface area contributed by atoms with E-state index in [0.717, 1.165) is 23.9 Å². The zero-order chi connectivity index (χ0) is 22.2. The highest BCUT2D eigenvalue weighted by Gasteiger charge is 2.42. The van der Waals surface area contributed by atoms with Crippen molar-refractivity contribution in [2.24, 2.45) is 0 Å². The van der Waals surface area contributed by atoms with Gasteiger partial charge in [-0.25, -0.2) is 4.98 Å². The van der Waals surface area contributed by atoms with E-state index in [1.165, 1.54) is 18.2 Å². The Morgan fingerprint density at radius 3 is 2.88 bits per heavy atom. The molecule has 2 aliphatic heterocycles. The summed E-state index contributed by atoms with van der Waals surface area (Å²) in [5.41, 5.74) is 1.71. The predicted octanol–water partition coefficient (Wildman–Crippen LogP) is 3.04. The maximum atomic E-state index is 13.3. The molecule has 0 aliphatic carbocycles. The van der Waals surface area contributed by atoms with Crippen molar-refractivity contribution in [2.45, 2.75) is 31.4 Å². The standard InChI is InChI=1S/C22H21N5O5/c28-20(23-14-5-3-6-15(11-14)27(30)31)12-19-21(29)25(13-16-7-4-10-32-16)22-24-17-8-1-2-9-18(17)26(19)22/h1-3,5-6,8-9,11,16,19H,4,7,10,12-13H2,(H,23,28)/t16-,19+/m0/s1. The quantitative estimate of drug-likeness (QED) is 0.469. The lowest BCUT2D eigenvalue weighted by molar-refractivity contribution is -0.384. The Bertz CT molecular complexity index is 1220. The molecule has 2 aromatic carbocycles. The number of ether oxygens (including phenoxy) is 1. The van der Waals surface area contributed by atoms with Gasteiger partial charge in [-0.05, 0) is 31.0 Å². The molecule has 10 heteroatoms. The molecular weight excluding hydrogens is 414 g/mol. The molecule has 1 N–H and O–H groups in total. The number of amides is 2. The molecule has 0 saturated carbocycles. The van der Waals surface area contributed by atoms with E-state index in [4.69, 9.17) is 4.74 Å². The third-order valence-electron chi connectivity index (χ3n) is 5.81. The second-order valence-electron chi connectivity index (χ2n) is 7.93. The highest BCUT2D eigenvalue weighted by atomic mass is 16.6. The summed E-state index contributed by atoms with van der Waals surface area (Å²) >= 11 is 0. The number of nitro groups is 1. The Morgan fingerprint density at radius 1 is 1.25 bits per heavy atom. The average molecular weight is 435 g/mol. The van der Waals surface area contributed by atoms with Gasteiger partial charge < -0.3 is 10.1 Å². The van der Waals surface area contributed by atoms with Gasteiger partial charge in [0, 0.05) is 24.4 Å². The number of hydrogen-bond donors (Lipinski definition) is 1. The van der Waals surface area contributed by atoms with Crippen LogP contribution < -0.4 is 10.2 Å².